The molecule has 2 fully saturated rings. The van der Waals surface area contributed by atoms with Crippen LogP contribution in [0.4, 0.5) is 0 Å². The van der Waals surface area contributed by atoms with Gasteiger partial charge < -0.3 is 14.2 Å². The molecule has 148 valence electrons. The molecular weight excluding hydrogens is 356 g/mol. The Morgan fingerprint density at radius 2 is 2.14 bits per heavy atom. The summed E-state index contributed by atoms with van der Waals surface area (Å²) in [4.78, 5) is 16.6. The largest absolute Gasteiger partial charge is 0.475 e. The lowest BCUT2D eigenvalue weighted by Gasteiger charge is -2.24. The van der Waals surface area contributed by atoms with Gasteiger partial charge in [0.2, 0.25) is 5.88 Å². The zero-order chi connectivity index (χ0) is 18.9. The Hall–Kier alpha value is -2.18. The predicted molar refractivity (Wildman–Crippen MR) is 105 cm³/mol. The summed E-state index contributed by atoms with van der Waals surface area (Å²) >= 11 is 0. The lowest BCUT2D eigenvalue weighted by molar-refractivity contribution is -0.102. The summed E-state index contributed by atoms with van der Waals surface area (Å²) < 4.78 is 18.5. The third kappa shape index (κ3) is 3.84. The summed E-state index contributed by atoms with van der Waals surface area (Å²) in [6, 6.07) is 8.56. The highest BCUT2D eigenvalue weighted by Gasteiger charge is 2.23. The Labute approximate surface area is 164 Å². The van der Waals surface area contributed by atoms with Crippen molar-refractivity contribution in [3.63, 3.8) is 0 Å². The molecule has 0 unspecified atom stereocenters. The highest BCUT2D eigenvalue weighted by molar-refractivity contribution is 5.67. The van der Waals surface area contributed by atoms with Gasteiger partial charge in [-0.2, -0.15) is 4.98 Å². The Kier molecular flexibility index (Phi) is 4.91. The van der Waals surface area contributed by atoms with Crippen LogP contribution in [0.25, 0.3) is 11.3 Å². The number of hydrogen-bond acceptors (Lipinski definition) is 5. The lowest BCUT2D eigenvalue weighted by atomic mass is 9.94. The van der Waals surface area contributed by atoms with Gasteiger partial charge in [-0.1, -0.05) is 31.0 Å². The minimum atomic E-state index is -0.253. The third-order valence-electron chi connectivity index (χ3n) is 5.88. The van der Waals surface area contributed by atoms with Gasteiger partial charge >= 0.3 is 5.69 Å². The van der Waals surface area contributed by atoms with Gasteiger partial charge in [0.05, 0.1) is 25.5 Å². The van der Waals surface area contributed by atoms with Gasteiger partial charge in [0.25, 0.3) is 0 Å². The zero-order valence-electron chi connectivity index (χ0n) is 16.1. The monoisotopic (exact) mass is 382 g/mol. The molecule has 1 aliphatic carbocycles. The average molecular weight is 382 g/mol. The number of aryl methyl sites for hydroxylation is 2. The second kappa shape index (κ2) is 7.68. The molecule has 1 aromatic carbocycles. The van der Waals surface area contributed by atoms with Crippen LogP contribution in [0.3, 0.4) is 0 Å². The normalized spacial score (nSPS) is 21.1. The van der Waals surface area contributed by atoms with Gasteiger partial charge in [-0.05, 0) is 36.3 Å². The number of rotatable bonds is 6. The molecule has 0 spiro atoms. The van der Waals surface area contributed by atoms with Crippen LogP contribution in [-0.2, 0) is 28.9 Å². The molecule has 3 aliphatic rings. The molecule has 0 amide bonds. The van der Waals surface area contributed by atoms with E-state index in [9.17, 15) is 4.79 Å². The zero-order valence-corrected chi connectivity index (χ0v) is 16.1. The summed E-state index contributed by atoms with van der Waals surface area (Å²) in [5.74, 6) is 1.30. The topological polar surface area (TPSA) is 62.6 Å². The van der Waals surface area contributed by atoms with E-state index in [1.807, 2.05) is 6.07 Å². The molecule has 0 radical (unpaired) electrons. The van der Waals surface area contributed by atoms with Crippen molar-refractivity contribution < 1.29 is 14.2 Å². The van der Waals surface area contributed by atoms with E-state index >= 15 is 0 Å². The molecule has 6 heteroatoms. The van der Waals surface area contributed by atoms with Gasteiger partial charge in [0.15, 0.2) is 0 Å². The Bertz CT molecular complexity index is 913. The quantitative estimate of drug-likeness (QED) is 0.769. The van der Waals surface area contributed by atoms with Crippen LogP contribution in [0.1, 0.15) is 30.4 Å². The number of nitrogens with zero attached hydrogens (tertiary/aromatic N) is 2. The molecule has 2 aliphatic heterocycles. The molecule has 6 nitrogen and oxygen atoms in total. The smallest absolute Gasteiger partial charge is 0.351 e. The lowest BCUT2D eigenvalue weighted by Crippen LogP contribution is -2.34. The van der Waals surface area contributed by atoms with Crippen molar-refractivity contribution in [1.82, 2.24) is 9.55 Å². The fraction of sp³-hybridized carbons (Fsp3) is 0.545. The highest BCUT2D eigenvalue weighted by Crippen LogP contribution is 2.35. The molecule has 3 heterocycles. The van der Waals surface area contributed by atoms with Crippen LogP contribution in [0.2, 0.25) is 0 Å². The standard InChI is InChI=1S/C22H26N2O4/c25-22-23-21(28-14-18-13-26-9-10-27-18)12-20-19-6-5-16(4-3-15-1-2-15)11-17(19)7-8-24(20)22/h5-6,11-12,15,18H,1-4,7-10,13-14H2/t18-/m0/s1. The Balaban J connectivity index is 1.36. The van der Waals surface area contributed by atoms with Crippen LogP contribution in [0.15, 0.2) is 29.1 Å². The first-order valence-electron chi connectivity index (χ1n) is 10.3. The summed E-state index contributed by atoms with van der Waals surface area (Å²) in [7, 11) is 0. The maximum absolute atomic E-state index is 12.5. The van der Waals surface area contributed by atoms with E-state index in [1.54, 1.807) is 4.57 Å². The van der Waals surface area contributed by atoms with Crippen molar-refractivity contribution in [2.45, 2.75) is 44.8 Å². The molecule has 2 aromatic rings. The Morgan fingerprint density at radius 3 is 2.96 bits per heavy atom. The van der Waals surface area contributed by atoms with E-state index in [2.05, 4.69) is 23.2 Å². The van der Waals surface area contributed by atoms with Gasteiger partial charge in [0, 0.05) is 18.2 Å². The van der Waals surface area contributed by atoms with E-state index < -0.39 is 0 Å². The second-order valence-electron chi connectivity index (χ2n) is 8.02. The van der Waals surface area contributed by atoms with Crippen LogP contribution in [0.5, 0.6) is 5.88 Å². The van der Waals surface area contributed by atoms with Crippen molar-refractivity contribution in [2.75, 3.05) is 26.4 Å². The Morgan fingerprint density at radius 1 is 1.21 bits per heavy atom. The maximum Gasteiger partial charge on any atom is 0.351 e. The first kappa shape index (κ1) is 17.9. The van der Waals surface area contributed by atoms with Gasteiger partial charge in [-0.25, -0.2) is 4.79 Å². The number of hydrogen-bond donors (Lipinski definition) is 0. The van der Waals surface area contributed by atoms with Crippen LogP contribution < -0.4 is 10.4 Å². The minimum Gasteiger partial charge on any atom is -0.475 e. The van der Waals surface area contributed by atoms with E-state index in [4.69, 9.17) is 14.2 Å². The van der Waals surface area contributed by atoms with Crippen molar-refractivity contribution in [2.24, 2.45) is 5.92 Å². The fourth-order valence-corrected chi connectivity index (χ4v) is 4.08. The number of fused-ring (bicyclic) bond motifs is 3. The molecule has 1 aromatic heterocycles. The molecule has 0 bridgehead atoms. The molecule has 1 atom stereocenters. The maximum atomic E-state index is 12.5. The predicted octanol–water partition coefficient (Wildman–Crippen LogP) is 2.60. The SMILES string of the molecule is O=c1nc(OC[C@@H]2COCCO2)cc2n1CCc1cc(CCC3CC3)ccc1-2. The van der Waals surface area contributed by atoms with Crippen LogP contribution >= 0.6 is 0 Å². The van der Waals surface area contributed by atoms with Crippen LogP contribution in [0, 0.1) is 5.92 Å². The summed E-state index contributed by atoms with van der Waals surface area (Å²) in [6.07, 6.45) is 6.00. The summed E-state index contributed by atoms with van der Waals surface area (Å²) in [5, 5.41) is 0. The van der Waals surface area contributed by atoms with Gasteiger partial charge in [0.1, 0.15) is 12.7 Å². The van der Waals surface area contributed by atoms with Gasteiger partial charge in [-0.3, -0.25) is 4.57 Å². The van der Waals surface area contributed by atoms with Gasteiger partial charge in [-0.15, -0.1) is 0 Å². The first-order chi connectivity index (χ1) is 13.8. The molecule has 1 saturated carbocycles. The van der Waals surface area contributed by atoms with Crippen molar-refractivity contribution in [1.29, 1.82) is 0 Å². The highest BCUT2D eigenvalue weighted by atomic mass is 16.6. The van der Waals surface area contributed by atoms with E-state index in [1.165, 1.54) is 30.4 Å². The summed E-state index contributed by atoms with van der Waals surface area (Å²) in [6.45, 7) is 2.71. The number of benzene rings is 1. The number of ether oxygens (including phenoxy) is 3. The molecular formula is C22H26N2O4. The molecule has 1 saturated heterocycles. The molecule has 0 N–H and O–H groups in total. The molecule has 5 rings (SSSR count). The second-order valence-corrected chi connectivity index (χ2v) is 8.02. The van der Waals surface area contributed by atoms with E-state index in [-0.39, 0.29) is 11.8 Å². The van der Waals surface area contributed by atoms with E-state index in [0.29, 0.717) is 38.9 Å². The van der Waals surface area contributed by atoms with E-state index in [0.717, 1.165) is 30.0 Å². The van der Waals surface area contributed by atoms with Crippen LogP contribution in [-0.4, -0.2) is 42.1 Å². The van der Waals surface area contributed by atoms with Crippen molar-refractivity contribution in [3.8, 4) is 17.1 Å². The number of aromatic nitrogens is 2. The molecule has 28 heavy (non-hydrogen) atoms. The third-order valence-corrected chi connectivity index (χ3v) is 5.88. The first-order valence-corrected chi connectivity index (χ1v) is 10.3. The summed E-state index contributed by atoms with van der Waals surface area (Å²) in [5.41, 5.74) is 4.47. The fourth-order valence-electron chi connectivity index (χ4n) is 4.08. The van der Waals surface area contributed by atoms with Crippen molar-refractivity contribution in [3.05, 3.63) is 45.9 Å². The average Bonchev–Trinajstić information content (AvgIpc) is 3.56. The van der Waals surface area contributed by atoms with Crippen molar-refractivity contribution >= 4 is 0 Å². The minimum absolute atomic E-state index is 0.115.